The van der Waals surface area contributed by atoms with Crippen LogP contribution in [0.1, 0.15) is 48.9 Å². The van der Waals surface area contributed by atoms with Crippen LogP contribution in [0.4, 0.5) is 0 Å². The van der Waals surface area contributed by atoms with Gasteiger partial charge in [0.15, 0.2) is 11.5 Å². The minimum atomic E-state index is -0.787. The maximum absolute atomic E-state index is 13.4. The van der Waals surface area contributed by atoms with Gasteiger partial charge in [0.05, 0.1) is 18.2 Å². The van der Waals surface area contributed by atoms with Gasteiger partial charge in [-0.25, -0.2) is 0 Å². The molecule has 8 nitrogen and oxygen atoms in total. The van der Waals surface area contributed by atoms with E-state index in [1.165, 1.54) is 4.90 Å². The number of benzene rings is 2. The van der Waals surface area contributed by atoms with Crippen molar-refractivity contribution in [2.24, 2.45) is 0 Å². The average Bonchev–Trinajstić information content (AvgIpc) is 3.20. The van der Waals surface area contributed by atoms with E-state index in [1.807, 2.05) is 24.3 Å². The van der Waals surface area contributed by atoms with Crippen molar-refractivity contribution in [1.29, 1.82) is 0 Å². The van der Waals surface area contributed by atoms with Crippen LogP contribution in [0.15, 0.2) is 72.6 Å². The summed E-state index contributed by atoms with van der Waals surface area (Å²) in [6.45, 7) is 3.78. The number of nitrogens with zero attached hydrogens (tertiary/aromatic N) is 2. The molecule has 3 aromatic rings. The van der Waals surface area contributed by atoms with Gasteiger partial charge in [-0.1, -0.05) is 31.9 Å². The van der Waals surface area contributed by atoms with Crippen LogP contribution in [0.2, 0.25) is 0 Å². The largest absolute Gasteiger partial charge is 0.507 e. The highest BCUT2D eigenvalue weighted by molar-refractivity contribution is 6.46. The fourth-order valence-corrected chi connectivity index (χ4v) is 4.71. The molecule has 1 aromatic heterocycles. The molecule has 1 N–H and O–H groups in total. The zero-order valence-corrected chi connectivity index (χ0v) is 21.3. The highest BCUT2D eigenvalue weighted by Crippen LogP contribution is 2.42. The Morgan fingerprint density at radius 1 is 1.00 bits per heavy atom. The lowest BCUT2D eigenvalue weighted by Gasteiger charge is -2.26. The third-order valence-corrected chi connectivity index (χ3v) is 6.67. The third kappa shape index (κ3) is 5.20. The molecule has 1 atom stereocenters. The van der Waals surface area contributed by atoms with Gasteiger partial charge >= 0.3 is 0 Å². The van der Waals surface area contributed by atoms with Crippen molar-refractivity contribution < 1.29 is 28.9 Å². The second-order valence-corrected chi connectivity index (χ2v) is 9.27. The fraction of sp³-hybridized carbons (Fsp3) is 0.300. The maximum Gasteiger partial charge on any atom is 0.295 e. The fourth-order valence-electron chi connectivity index (χ4n) is 4.71. The van der Waals surface area contributed by atoms with Gasteiger partial charge in [0.1, 0.15) is 24.7 Å². The van der Waals surface area contributed by atoms with Gasteiger partial charge in [-0.3, -0.25) is 14.6 Å². The lowest BCUT2D eigenvalue weighted by Crippen LogP contribution is -2.29. The van der Waals surface area contributed by atoms with Crippen LogP contribution < -0.4 is 14.2 Å². The Hall–Kier alpha value is -4.33. The second kappa shape index (κ2) is 11.4. The van der Waals surface area contributed by atoms with Crippen molar-refractivity contribution in [1.82, 2.24) is 9.88 Å². The van der Waals surface area contributed by atoms with Gasteiger partial charge in [0.25, 0.3) is 11.7 Å². The second-order valence-electron chi connectivity index (χ2n) is 9.27. The number of aromatic nitrogens is 1. The number of aliphatic hydroxyl groups excluding tert-OH is 1. The smallest absolute Gasteiger partial charge is 0.295 e. The first-order valence-corrected chi connectivity index (χ1v) is 12.9. The molecule has 0 aliphatic carbocycles. The number of hydrogen-bond donors (Lipinski definition) is 1. The first kappa shape index (κ1) is 25.3. The summed E-state index contributed by atoms with van der Waals surface area (Å²) >= 11 is 0. The number of rotatable bonds is 9. The molecule has 38 heavy (non-hydrogen) atoms. The van der Waals surface area contributed by atoms with Crippen LogP contribution in [0.5, 0.6) is 17.2 Å². The van der Waals surface area contributed by atoms with Crippen molar-refractivity contribution >= 4 is 17.4 Å². The lowest BCUT2D eigenvalue weighted by molar-refractivity contribution is -0.140. The number of unbranched alkanes of at least 4 members (excludes halogenated alkanes) is 2. The Morgan fingerprint density at radius 2 is 1.74 bits per heavy atom. The van der Waals surface area contributed by atoms with E-state index in [9.17, 15) is 14.7 Å². The number of likely N-dealkylation sites (tertiary alicyclic amines) is 1. The number of ketones is 1. The van der Waals surface area contributed by atoms with E-state index in [-0.39, 0.29) is 17.9 Å². The van der Waals surface area contributed by atoms with Gasteiger partial charge in [-0.15, -0.1) is 0 Å². The number of Topliss-reactive ketones (excluding diaryl/α,β-unsaturated/α-hetero) is 1. The van der Waals surface area contributed by atoms with Crippen LogP contribution >= 0.6 is 0 Å². The number of amides is 1. The number of carbonyl (C=O) groups excluding carboxylic acids is 2. The minimum Gasteiger partial charge on any atom is -0.507 e. The molecular weight excluding hydrogens is 484 g/mol. The molecule has 5 rings (SSSR count). The van der Waals surface area contributed by atoms with E-state index in [0.717, 1.165) is 24.8 Å². The summed E-state index contributed by atoms with van der Waals surface area (Å²) in [4.78, 5) is 32.2. The number of fused-ring (bicyclic) bond motifs is 1. The highest BCUT2D eigenvalue weighted by Gasteiger charge is 2.46. The number of hydrogen-bond acceptors (Lipinski definition) is 7. The summed E-state index contributed by atoms with van der Waals surface area (Å²) in [5.74, 6) is 0.0804. The number of ether oxygens (including phenoxy) is 3. The molecule has 0 radical (unpaired) electrons. The number of carbonyl (C=O) groups is 2. The van der Waals surface area contributed by atoms with Gasteiger partial charge < -0.3 is 24.2 Å². The Labute approximate surface area is 221 Å². The molecule has 0 spiro atoms. The van der Waals surface area contributed by atoms with Crippen molar-refractivity contribution in [3.8, 4) is 17.2 Å². The zero-order valence-electron chi connectivity index (χ0n) is 21.3. The van der Waals surface area contributed by atoms with Crippen LogP contribution in [-0.2, 0) is 16.1 Å². The molecule has 0 bridgehead atoms. The normalized spacial score (nSPS) is 18.0. The van der Waals surface area contributed by atoms with E-state index in [1.54, 1.807) is 42.7 Å². The molecule has 1 saturated heterocycles. The molecule has 196 valence electrons. The van der Waals surface area contributed by atoms with Crippen molar-refractivity contribution in [3.63, 3.8) is 0 Å². The molecule has 2 aromatic carbocycles. The summed E-state index contributed by atoms with van der Waals surface area (Å²) in [7, 11) is 0. The number of aliphatic hydroxyl groups is 1. The van der Waals surface area contributed by atoms with Gasteiger partial charge in [-0.05, 0) is 60.0 Å². The predicted octanol–water partition coefficient (Wildman–Crippen LogP) is 5.04. The molecule has 2 aliphatic rings. The van der Waals surface area contributed by atoms with Crippen molar-refractivity contribution in [2.45, 2.75) is 38.8 Å². The van der Waals surface area contributed by atoms with Crippen LogP contribution in [0, 0.1) is 0 Å². The topological polar surface area (TPSA) is 98.2 Å². The molecule has 1 amide bonds. The van der Waals surface area contributed by atoms with E-state index in [2.05, 4.69) is 11.9 Å². The maximum atomic E-state index is 13.4. The van der Waals surface area contributed by atoms with E-state index in [4.69, 9.17) is 14.2 Å². The van der Waals surface area contributed by atoms with E-state index in [0.29, 0.717) is 48.2 Å². The SMILES string of the molecule is CCCCCOc1ccc([C@H]2C(=C(O)c3ccc4c(c3)OCCO4)C(=O)C(=O)N2Cc2ccncc2)cc1. The minimum absolute atomic E-state index is 0.0253. The van der Waals surface area contributed by atoms with Gasteiger partial charge in [0, 0.05) is 24.5 Å². The zero-order chi connectivity index (χ0) is 26.5. The summed E-state index contributed by atoms with van der Waals surface area (Å²) in [5, 5.41) is 11.4. The first-order valence-electron chi connectivity index (χ1n) is 12.9. The Morgan fingerprint density at radius 3 is 2.47 bits per heavy atom. The van der Waals surface area contributed by atoms with Crippen molar-refractivity contribution in [2.75, 3.05) is 19.8 Å². The Kier molecular flexibility index (Phi) is 7.58. The molecule has 1 fully saturated rings. The van der Waals surface area contributed by atoms with Crippen molar-refractivity contribution in [3.05, 3.63) is 89.3 Å². The summed E-state index contributed by atoms with van der Waals surface area (Å²) in [6.07, 6.45) is 6.46. The van der Waals surface area contributed by atoms with Gasteiger partial charge in [-0.2, -0.15) is 0 Å². The monoisotopic (exact) mass is 514 g/mol. The average molecular weight is 515 g/mol. The quantitative estimate of drug-likeness (QED) is 0.185. The molecule has 0 unspecified atom stereocenters. The van der Waals surface area contributed by atoms with E-state index >= 15 is 0 Å². The summed E-state index contributed by atoms with van der Waals surface area (Å²) in [6, 6.07) is 15.1. The first-order chi connectivity index (χ1) is 18.6. The molecular formula is C30H30N2O6. The highest BCUT2D eigenvalue weighted by atomic mass is 16.6. The van der Waals surface area contributed by atoms with Crippen LogP contribution in [0.25, 0.3) is 5.76 Å². The molecule has 2 aliphatic heterocycles. The molecule has 8 heteroatoms. The third-order valence-electron chi connectivity index (χ3n) is 6.67. The Balaban J connectivity index is 1.53. The summed E-state index contributed by atoms with van der Waals surface area (Å²) in [5.41, 5.74) is 1.91. The Bertz CT molecular complexity index is 1340. The van der Waals surface area contributed by atoms with E-state index < -0.39 is 17.7 Å². The summed E-state index contributed by atoms with van der Waals surface area (Å²) < 4.78 is 17.1. The number of pyridine rings is 1. The molecule has 0 saturated carbocycles. The standard InChI is InChI=1S/C30H30N2O6/c1-2-3-4-15-36-23-8-5-21(6-9-23)27-26(28(33)22-7-10-24-25(18-22)38-17-16-37-24)29(34)30(35)32(27)19-20-11-13-31-14-12-20/h5-14,18,27,33H,2-4,15-17,19H2,1H3/t27-/m0/s1. The molecule has 3 heterocycles. The van der Waals surface area contributed by atoms with Crippen LogP contribution in [0.3, 0.4) is 0 Å². The lowest BCUT2D eigenvalue weighted by atomic mass is 9.95. The van der Waals surface area contributed by atoms with Gasteiger partial charge in [0.2, 0.25) is 0 Å². The van der Waals surface area contributed by atoms with Crippen LogP contribution in [-0.4, -0.2) is 46.5 Å². The predicted molar refractivity (Wildman–Crippen MR) is 141 cm³/mol.